The lowest BCUT2D eigenvalue weighted by Crippen LogP contribution is -2.43. The maximum atomic E-state index is 12.8. The number of carbonyl (C=O) groups excluding carboxylic acids is 2. The van der Waals surface area contributed by atoms with Crippen LogP contribution in [-0.4, -0.2) is 26.2 Å². The molecule has 2 atom stereocenters. The van der Waals surface area contributed by atoms with Crippen LogP contribution in [0.4, 0.5) is 0 Å². The highest BCUT2D eigenvalue weighted by molar-refractivity contribution is 6.01. The Morgan fingerprint density at radius 2 is 1.50 bits per heavy atom. The molecule has 0 saturated carbocycles. The van der Waals surface area contributed by atoms with Gasteiger partial charge in [-0.25, -0.2) is 0 Å². The van der Waals surface area contributed by atoms with Gasteiger partial charge in [-0.15, -0.1) is 0 Å². The summed E-state index contributed by atoms with van der Waals surface area (Å²) in [5.41, 5.74) is 1.18. The molecule has 5 heteroatoms. The van der Waals surface area contributed by atoms with E-state index in [1.54, 1.807) is 0 Å². The van der Waals surface area contributed by atoms with Gasteiger partial charge in [0, 0.05) is 6.42 Å². The van der Waals surface area contributed by atoms with E-state index >= 15 is 0 Å². The van der Waals surface area contributed by atoms with Crippen LogP contribution in [0.3, 0.4) is 0 Å². The summed E-state index contributed by atoms with van der Waals surface area (Å²) in [7, 11) is 2.55. The van der Waals surface area contributed by atoms with Gasteiger partial charge in [-0.1, -0.05) is 60.2 Å². The molecule has 1 heterocycles. The van der Waals surface area contributed by atoms with Gasteiger partial charge in [0.2, 0.25) is 0 Å². The van der Waals surface area contributed by atoms with Crippen molar-refractivity contribution >= 4 is 11.9 Å². The summed E-state index contributed by atoms with van der Waals surface area (Å²) in [6, 6.07) is 17.1. The normalized spacial score (nSPS) is 21.2. The van der Waals surface area contributed by atoms with Gasteiger partial charge < -0.3 is 14.2 Å². The van der Waals surface area contributed by atoms with Crippen molar-refractivity contribution in [1.82, 2.24) is 0 Å². The van der Waals surface area contributed by atoms with E-state index in [0.29, 0.717) is 0 Å². The Morgan fingerprint density at radius 1 is 0.923 bits per heavy atom. The first-order valence-corrected chi connectivity index (χ1v) is 8.46. The lowest BCUT2D eigenvalue weighted by molar-refractivity contribution is -0.173. The predicted octanol–water partition coefficient (Wildman–Crippen LogP) is 3.53. The first kappa shape index (κ1) is 18.1. The van der Waals surface area contributed by atoms with Crippen molar-refractivity contribution < 1.29 is 23.8 Å². The van der Waals surface area contributed by atoms with Gasteiger partial charge in [0.05, 0.1) is 20.3 Å². The fourth-order valence-electron chi connectivity index (χ4n) is 3.52. The Morgan fingerprint density at radius 3 is 2.04 bits per heavy atom. The molecule has 26 heavy (non-hydrogen) atoms. The van der Waals surface area contributed by atoms with Crippen LogP contribution in [-0.2, 0) is 23.8 Å². The van der Waals surface area contributed by atoms with Gasteiger partial charge >= 0.3 is 11.9 Å². The fraction of sp³-hybridized carbons (Fsp3) is 0.333. The molecule has 0 spiro atoms. The molecule has 0 radical (unpaired) electrons. The number of rotatable bonds is 4. The van der Waals surface area contributed by atoms with Crippen molar-refractivity contribution in [3.63, 3.8) is 0 Å². The minimum atomic E-state index is -1.54. The van der Waals surface area contributed by atoms with Crippen LogP contribution in [0, 0.1) is 12.3 Å². The minimum Gasteiger partial charge on any atom is -0.468 e. The summed E-state index contributed by atoms with van der Waals surface area (Å²) in [4.78, 5) is 25.5. The molecule has 1 fully saturated rings. The molecule has 0 aliphatic carbocycles. The third-order valence-electron chi connectivity index (χ3n) is 4.91. The Labute approximate surface area is 152 Å². The number of ether oxygens (including phenoxy) is 3. The van der Waals surface area contributed by atoms with Crippen molar-refractivity contribution in [1.29, 1.82) is 0 Å². The fourth-order valence-corrected chi connectivity index (χ4v) is 3.52. The molecule has 5 nitrogen and oxygen atoms in total. The largest absolute Gasteiger partial charge is 0.468 e. The third kappa shape index (κ3) is 2.99. The molecule has 0 unspecified atom stereocenters. The molecule has 1 aliphatic heterocycles. The Kier molecular flexibility index (Phi) is 5.09. The number of esters is 2. The number of benzene rings is 2. The quantitative estimate of drug-likeness (QED) is 0.621. The molecular weight excluding hydrogens is 332 g/mol. The van der Waals surface area contributed by atoms with E-state index in [9.17, 15) is 9.59 Å². The average molecular weight is 354 g/mol. The van der Waals surface area contributed by atoms with Crippen LogP contribution in [0.25, 0.3) is 0 Å². The van der Waals surface area contributed by atoms with E-state index < -0.39 is 29.6 Å². The second-order valence-electron chi connectivity index (χ2n) is 6.48. The predicted molar refractivity (Wildman–Crippen MR) is 95.3 cm³/mol. The standard InChI is InChI=1S/C21H22O5/c1-14-9-11-16(12-10-14)18-21(19(22)24-2,20(23)25-3)13-17(26-18)15-7-5-4-6-8-15/h4-12,17-18H,13H2,1-3H3/t17-,18-/m1/s1. The number of methoxy groups -OCH3 is 2. The molecule has 0 N–H and O–H groups in total. The van der Waals surface area contributed by atoms with Crippen LogP contribution in [0.15, 0.2) is 54.6 Å². The van der Waals surface area contributed by atoms with Crippen LogP contribution in [0.1, 0.15) is 35.3 Å². The van der Waals surface area contributed by atoms with Gasteiger partial charge in [-0.3, -0.25) is 9.59 Å². The van der Waals surface area contributed by atoms with Crippen LogP contribution < -0.4 is 0 Å². The second kappa shape index (κ2) is 7.30. The highest BCUT2D eigenvalue weighted by atomic mass is 16.6. The van der Waals surface area contributed by atoms with E-state index in [-0.39, 0.29) is 6.42 Å². The molecule has 1 aliphatic rings. The highest BCUT2D eigenvalue weighted by Gasteiger charge is 2.62. The first-order chi connectivity index (χ1) is 12.5. The monoisotopic (exact) mass is 354 g/mol. The summed E-state index contributed by atoms with van der Waals surface area (Å²) < 4.78 is 16.2. The summed E-state index contributed by atoms with van der Waals surface area (Å²) >= 11 is 0. The Balaban J connectivity index is 2.11. The summed E-state index contributed by atoms with van der Waals surface area (Å²) in [6.45, 7) is 1.97. The zero-order valence-electron chi connectivity index (χ0n) is 15.1. The van der Waals surface area contributed by atoms with Crippen LogP contribution >= 0.6 is 0 Å². The van der Waals surface area contributed by atoms with Crippen molar-refractivity contribution in [2.75, 3.05) is 14.2 Å². The molecule has 0 bridgehead atoms. The first-order valence-electron chi connectivity index (χ1n) is 8.46. The third-order valence-corrected chi connectivity index (χ3v) is 4.91. The molecule has 0 amide bonds. The average Bonchev–Trinajstić information content (AvgIpc) is 3.10. The van der Waals surface area contributed by atoms with E-state index in [4.69, 9.17) is 14.2 Å². The smallest absolute Gasteiger partial charge is 0.326 e. The topological polar surface area (TPSA) is 61.8 Å². The molecule has 3 rings (SSSR count). The molecular formula is C21H22O5. The SMILES string of the molecule is COC(=O)C1(C(=O)OC)C[C@H](c2ccccc2)O[C@@H]1c1ccc(C)cc1. The van der Waals surface area contributed by atoms with Gasteiger partial charge in [0.15, 0.2) is 5.41 Å². The number of hydrogen-bond donors (Lipinski definition) is 0. The van der Waals surface area contributed by atoms with Gasteiger partial charge in [0.25, 0.3) is 0 Å². The Bertz CT molecular complexity index is 766. The maximum Gasteiger partial charge on any atom is 0.326 e. The zero-order chi connectivity index (χ0) is 18.7. The summed E-state index contributed by atoms with van der Waals surface area (Å²) in [5, 5.41) is 0. The maximum absolute atomic E-state index is 12.8. The number of aryl methyl sites for hydroxylation is 1. The number of hydrogen-bond acceptors (Lipinski definition) is 5. The minimum absolute atomic E-state index is 0.162. The van der Waals surface area contributed by atoms with Crippen molar-refractivity contribution in [2.24, 2.45) is 5.41 Å². The molecule has 2 aromatic rings. The highest BCUT2D eigenvalue weighted by Crippen LogP contribution is 2.54. The number of carbonyl (C=O) groups is 2. The van der Waals surface area contributed by atoms with E-state index in [1.807, 2.05) is 61.5 Å². The summed E-state index contributed by atoms with van der Waals surface area (Å²) in [5.74, 6) is -1.29. The lowest BCUT2D eigenvalue weighted by atomic mass is 9.76. The van der Waals surface area contributed by atoms with E-state index in [2.05, 4.69) is 0 Å². The van der Waals surface area contributed by atoms with Crippen molar-refractivity contribution in [3.8, 4) is 0 Å². The molecule has 136 valence electrons. The molecule has 0 aromatic heterocycles. The van der Waals surface area contributed by atoms with Crippen LogP contribution in [0.2, 0.25) is 0 Å². The van der Waals surface area contributed by atoms with E-state index in [0.717, 1.165) is 16.7 Å². The molecule has 1 saturated heterocycles. The Hall–Kier alpha value is -2.66. The van der Waals surface area contributed by atoms with Crippen molar-refractivity contribution in [3.05, 3.63) is 71.3 Å². The lowest BCUT2D eigenvalue weighted by Gasteiger charge is -2.28. The van der Waals surface area contributed by atoms with Gasteiger partial charge in [-0.05, 0) is 18.1 Å². The van der Waals surface area contributed by atoms with E-state index in [1.165, 1.54) is 14.2 Å². The second-order valence-corrected chi connectivity index (χ2v) is 6.48. The summed E-state index contributed by atoms with van der Waals surface area (Å²) in [6.07, 6.45) is -1.04. The zero-order valence-corrected chi connectivity index (χ0v) is 15.1. The van der Waals surface area contributed by atoms with Crippen molar-refractivity contribution in [2.45, 2.75) is 25.6 Å². The van der Waals surface area contributed by atoms with Gasteiger partial charge in [-0.2, -0.15) is 0 Å². The molecule has 2 aromatic carbocycles. The van der Waals surface area contributed by atoms with Gasteiger partial charge in [0.1, 0.15) is 6.10 Å². The van der Waals surface area contributed by atoms with Crippen LogP contribution in [0.5, 0.6) is 0 Å².